The third-order valence-electron chi connectivity index (χ3n) is 16.4. The highest BCUT2D eigenvalue weighted by Gasteiger charge is 2.58. The van der Waals surface area contributed by atoms with E-state index in [1.807, 2.05) is 243 Å². The van der Waals surface area contributed by atoms with E-state index in [1.54, 1.807) is 0 Å². The van der Waals surface area contributed by atoms with Crippen LogP contribution in [0.1, 0.15) is 50.8 Å². The Bertz CT molecular complexity index is 3290. The Morgan fingerprint density at radius 3 is 1.11 bits per heavy atom. The maximum Gasteiger partial charge on any atom is 0.187 e. The van der Waals surface area contributed by atoms with E-state index in [1.165, 1.54) is 0 Å². The number of fused-ring (bicyclic) bond motifs is 1. The molecule has 0 spiro atoms. The first-order valence-corrected chi connectivity index (χ1v) is 30.9. The summed E-state index contributed by atoms with van der Waals surface area (Å²) in [5.41, 5.74) is 7.07. The summed E-state index contributed by atoms with van der Waals surface area (Å²) in [4.78, 5) is 0. The lowest BCUT2D eigenvalue weighted by Gasteiger charge is -2.52. The average Bonchev–Trinajstić information content (AvgIpc) is 1.37. The molecule has 2 N–H and O–H groups in total. The molecule has 16 atom stereocenters. The molecule has 16 heteroatoms. The highest BCUT2D eigenvalue weighted by molar-refractivity contribution is 5.21. The van der Waals surface area contributed by atoms with Crippen LogP contribution < -0.4 is 0 Å². The van der Waals surface area contributed by atoms with Crippen molar-refractivity contribution in [3.8, 4) is 0 Å². The molecule has 0 saturated carbocycles. The van der Waals surface area contributed by atoms with Crippen molar-refractivity contribution in [2.75, 3.05) is 19.8 Å². The molecule has 16 nitrogen and oxygen atoms in total. The number of benzene rings is 8. The molecule has 4 aliphatic rings. The van der Waals surface area contributed by atoms with Gasteiger partial charge in [-0.25, -0.2) is 0 Å². The van der Waals surface area contributed by atoms with Gasteiger partial charge in [-0.2, -0.15) is 0 Å². The van der Waals surface area contributed by atoms with Crippen molar-refractivity contribution in [3.05, 3.63) is 287 Å². The van der Waals surface area contributed by atoms with Crippen LogP contribution in [0.2, 0.25) is 0 Å². The molecular formula is C74H78O16. The second-order valence-electron chi connectivity index (χ2n) is 22.8. The Hall–Kier alpha value is -6.88. The van der Waals surface area contributed by atoms with Crippen LogP contribution in [0.4, 0.5) is 0 Å². The molecule has 0 aromatic heterocycles. The standard InChI is InChI=1S/C74H78O16/c75-62-68(81-45-55-33-17-5-18-34-55)65(60(49-78-42-52-27-11-2-12-28-52)85-72(62)83-47-57-37-21-7-22-38-57)89-74-70(82-46-56-35-19-6-20-36-56)69(66-61(87-74)50-84-71(88-66)58-39-23-8-24-40-58)90-73-63(76)67(80-44-54-31-15-4-16-32-54)64(79-43-53-29-13-3-14-30-53)59(86-73)48-77-41-51-25-9-1-10-26-51/h1-40,59-76H,41-50H2/t59?,60?,61?,62?,63?,64-,65+,66+,67?,68?,69?,70?,71?,72+,73-,74-/m0/s1. The monoisotopic (exact) mass is 1220 g/mol. The summed E-state index contributed by atoms with van der Waals surface area (Å²) in [6.07, 6.45) is -17.7. The van der Waals surface area contributed by atoms with Crippen molar-refractivity contribution < 1.29 is 76.5 Å². The van der Waals surface area contributed by atoms with E-state index in [-0.39, 0.29) is 66.1 Å². The van der Waals surface area contributed by atoms with E-state index in [4.69, 9.17) is 66.3 Å². The largest absolute Gasteiger partial charge is 0.385 e. The van der Waals surface area contributed by atoms with Crippen LogP contribution in [-0.4, -0.2) is 122 Å². The summed E-state index contributed by atoms with van der Waals surface area (Å²) in [6, 6.07) is 78.0. The molecular weight excluding hydrogens is 1140 g/mol. The Kier molecular flexibility index (Phi) is 22.8. The van der Waals surface area contributed by atoms with Gasteiger partial charge in [-0.15, -0.1) is 0 Å². The average molecular weight is 1220 g/mol. The fourth-order valence-corrected chi connectivity index (χ4v) is 11.7. The minimum Gasteiger partial charge on any atom is -0.385 e. The van der Waals surface area contributed by atoms with Gasteiger partial charge in [0.15, 0.2) is 25.2 Å². The lowest BCUT2D eigenvalue weighted by Crippen LogP contribution is -2.68. The van der Waals surface area contributed by atoms with Crippen LogP contribution in [0.3, 0.4) is 0 Å². The van der Waals surface area contributed by atoms with Gasteiger partial charge in [0.25, 0.3) is 0 Å². The zero-order valence-electron chi connectivity index (χ0n) is 50.0. The first kappa shape index (κ1) is 63.3. The first-order chi connectivity index (χ1) is 44.5. The fourth-order valence-electron chi connectivity index (χ4n) is 11.7. The lowest BCUT2D eigenvalue weighted by atomic mass is 9.94. The van der Waals surface area contributed by atoms with Gasteiger partial charge < -0.3 is 76.5 Å². The predicted molar refractivity (Wildman–Crippen MR) is 331 cm³/mol. The Morgan fingerprint density at radius 2 is 0.656 bits per heavy atom. The molecule has 4 saturated heterocycles. The third-order valence-corrected chi connectivity index (χ3v) is 16.4. The van der Waals surface area contributed by atoms with Crippen molar-refractivity contribution in [1.29, 1.82) is 0 Å². The molecule has 8 aromatic carbocycles. The number of rotatable bonds is 28. The fraction of sp³-hybridized carbons (Fsp3) is 0.351. The van der Waals surface area contributed by atoms with Crippen molar-refractivity contribution in [3.63, 3.8) is 0 Å². The zero-order valence-corrected chi connectivity index (χ0v) is 50.0. The molecule has 10 unspecified atom stereocenters. The highest BCUT2D eigenvalue weighted by atomic mass is 16.8. The number of hydrogen-bond acceptors (Lipinski definition) is 16. The molecule has 0 amide bonds. The minimum atomic E-state index is -1.48. The maximum absolute atomic E-state index is 13.1. The quantitative estimate of drug-likeness (QED) is 0.0474. The Morgan fingerprint density at radius 1 is 0.311 bits per heavy atom. The van der Waals surface area contributed by atoms with E-state index < -0.39 is 98.4 Å². The van der Waals surface area contributed by atoms with Crippen LogP contribution in [-0.2, 0) is 113 Å². The van der Waals surface area contributed by atoms with Crippen LogP contribution in [0.25, 0.3) is 0 Å². The molecule has 12 rings (SSSR count). The summed E-state index contributed by atoms with van der Waals surface area (Å²) in [5, 5.41) is 25.7. The second-order valence-corrected chi connectivity index (χ2v) is 22.8. The molecule has 0 bridgehead atoms. The summed E-state index contributed by atoms with van der Waals surface area (Å²) < 4.78 is 96.5. The van der Waals surface area contributed by atoms with Gasteiger partial charge in [0, 0.05) is 5.56 Å². The second kappa shape index (κ2) is 32.4. The van der Waals surface area contributed by atoms with Crippen LogP contribution in [0, 0.1) is 0 Å². The van der Waals surface area contributed by atoms with Crippen molar-refractivity contribution in [2.45, 2.75) is 145 Å². The number of hydrogen-bond donors (Lipinski definition) is 2. The Balaban J connectivity index is 0.917. The van der Waals surface area contributed by atoms with Crippen molar-refractivity contribution in [2.24, 2.45) is 0 Å². The van der Waals surface area contributed by atoms with Gasteiger partial charge in [0.1, 0.15) is 73.2 Å². The van der Waals surface area contributed by atoms with Crippen LogP contribution in [0.5, 0.6) is 0 Å². The van der Waals surface area contributed by atoms with Gasteiger partial charge in [-0.05, 0) is 38.9 Å². The summed E-state index contributed by atoms with van der Waals surface area (Å²) in [5.74, 6) is 0. The molecule has 90 heavy (non-hydrogen) atoms. The number of ether oxygens (including phenoxy) is 14. The lowest BCUT2D eigenvalue weighted by molar-refractivity contribution is -0.413. The molecule has 4 fully saturated rings. The van der Waals surface area contributed by atoms with Crippen molar-refractivity contribution in [1.82, 2.24) is 0 Å². The van der Waals surface area contributed by atoms with Gasteiger partial charge in [-0.3, -0.25) is 0 Å². The van der Waals surface area contributed by atoms with Gasteiger partial charge in [0.2, 0.25) is 0 Å². The van der Waals surface area contributed by atoms with E-state index in [0.717, 1.165) is 44.5 Å². The van der Waals surface area contributed by atoms with Crippen LogP contribution >= 0.6 is 0 Å². The topological polar surface area (TPSA) is 170 Å². The van der Waals surface area contributed by atoms with E-state index >= 15 is 0 Å². The number of aliphatic hydroxyl groups is 2. The maximum atomic E-state index is 13.1. The molecule has 470 valence electrons. The van der Waals surface area contributed by atoms with Gasteiger partial charge >= 0.3 is 0 Å². The summed E-state index contributed by atoms with van der Waals surface area (Å²) in [7, 11) is 0. The van der Waals surface area contributed by atoms with E-state index in [2.05, 4.69) is 0 Å². The molecule has 8 aromatic rings. The van der Waals surface area contributed by atoms with E-state index in [9.17, 15) is 10.2 Å². The molecule has 4 heterocycles. The van der Waals surface area contributed by atoms with Gasteiger partial charge in [-0.1, -0.05) is 243 Å². The van der Waals surface area contributed by atoms with E-state index in [0.29, 0.717) is 0 Å². The number of aliphatic hydroxyl groups excluding tert-OH is 2. The summed E-state index contributed by atoms with van der Waals surface area (Å²) >= 11 is 0. The third kappa shape index (κ3) is 17.0. The highest BCUT2D eigenvalue weighted by Crippen LogP contribution is 2.41. The SMILES string of the molecule is OC1C(OCc2ccccc2)[C@H](O[C@@H]2OC3COC(c4ccccc4)O[C@H]3C(O[C@@H]3OC(COCc4ccccc4)[C@H](OCc4ccccc4)C(OCc4ccccc4)C3O)C2OCc2ccccc2)C(COCc2ccccc2)O[C@H]1OCc1ccccc1. The minimum absolute atomic E-state index is 0.0182. The molecule has 4 aliphatic heterocycles. The smallest absolute Gasteiger partial charge is 0.187 e. The first-order valence-electron chi connectivity index (χ1n) is 30.9. The normalized spacial score (nSPS) is 28.4. The predicted octanol–water partition coefficient (Wildman–Crippen LogP) is 10.8. The molecule has 0 radical (unpaired) electrons. The van der Waals surface area contributed by atoms with Crippen LogP contribution in [0.15, 0.2) is 243 Å². The Labute approximate surface area is 525 Å². The van der Waals surface area contributed by atoms with Crippen molar-refractivity contribution >= 4 is 0 Å². The summed E-state index contributed by atoms with van der Waals surface area (Å²) in [6.45, 7) is 1.17. The van der Waals surface area contributed by atoms with Gasteiger partial charge in [0.05, 0.1) is 66.1 Å². The molecule has 0 aliphatic carbocycles. The zero-order chi connectivity index (χ0) is 61.1.